The van der Waals surface area contributed by atoms with Gasteiger partial charge in [-0.15, -0.1) is 0 Å². The van der Waals surface area contributed by atoms with Crippen molar-refractivity contribution in [1.29, 1.82) is 0 Å². The molecule has 6 rings (SSSR count). The average molecular weight is 550 g/mol. The fourth-order valence-corrected chi connectivity index (χ4v) is 5.91. The number of benzene rings is 2. The zero-order valence-corrected chi connectivity index (χ0v) is 23.7. The molecule has 4 aromatic rings. The summed E-state index contributed by atoms with van der Waals surface area (Å²) in [6.07, 6.45) is 2.82. The van der Waals surface area contributed by atoms with E-state index in [1.165, 1.54) is 4.57 Å². The smallest absolute Gasteiger partial charge is 0.421 e. The van der Waals surface area contributed by atoms with Crippen molar-refractivity contribution in [2.75, 3.05) is 18.5 Å². The first-order valence-corrected chi connectivity index (χ1v) is 17.3. The number of carbonyl (C=O) groups is 1. The highest BCUT2D eigenvalue weighted by molar-refractivity contribution is 6.76. The Morgan fingerprint density at radius 3 is 2.82 bits per heavy atom. The van der Waals surface area contributed by atoms with Gasteiger partial charge in [0.15, 0.2) is 5.58 Å². The summed E-state index contributed by atoms with van der Waals surface area (Å²) in [5.74, 6) is 0.990. The summed E-state index contributed by atoms with van der Waals surface area (Å²) in [5, 5.41) is 3.32. The number of rotatable bonds is 10. The summed E-state index contributed by atoms with van der Waals surface area (Å²) in [6.45, 7) is 8.97. The Bertz CT molecular complexity index is 1610. The number of ether oxygens (including phenoxy) is 2. The Labute approximate surface area is 227 Å². The molecule has 0 spiro atoms. The minimum Gasteiger partial charge on any atom is -0.491 e. The zero-order valence-electron chi connectivity index (χ0n) is 22.7. The summed E-state index contributed by atoms with van der Waals surface area (Å²) in [5.41, 5.74) is 10.2. The number of hydrogen-bond donors (Lipinski definition) is 2. The monoisotopic (exact) mass is 549 g/mol. The third-order valence-electron chi connectivity index (χ3n) is 7.45. The molecule has 206 valence electrons. The van der Waals surface area contributed by atoms with E-state index in [4.69, 9.17) is 24.6 Å². The Morgan fingerprint density at radius 2 is 2.08 bits per heavy atom. The average Bonchev–Trinajstić information content (AvgIpc) is 3.62. The number of amides is 1. The predicted octanol–water partition coefficient (Wildman–Crippen LogP) is 4.38. The third kappa shape index (κ3) is 5.20. The van der Waals surface area contributed by atoms with E-state index in [0.29, 0.717) is 24.3 Å². The summed E-state index contributed by atoms with van der Waals surface area (Å²) in [7, 11) is -1.24. The first-order chi connectivity index (χ1) is 18.7. The van der Waals surface area contributed by atoms with Crippen LogP contribution >= 0.6 is 0 Å². The van der Waals surface area contributed by atoms with Crippen LogP contribution in [-0.2, 0) is 22.8 Å². The molecule has 11 heteroatoms. The SMILES string of the molecule is C[Si](C)(C)CCOCn1c(=O)oc2ccc(-c3nc4cc(N[C@H](C(N)=O)C5CC5)cc5c4n3CCCO5)cc21. The lowest BCUT2D eigenvalue weighted by atomic mass is 10.1. The van der Waals surface area contributed by atoms with Crippen LogP contribution in [0.25, 0.3) is 33.5 Å². The van der Waals surface area contributed by atoms with E-state index in [9.17, 15) is 9.59 Å². The van der Waals surface area contributed by atoms with Gasteiger partial charge in [-0.3, -0.25) is 4.79 Å². The van der Waals surface area contributed by atoms with Crippen LogP contribution in [0, 0.1) is 5.92 Å². The Balaban J connectivity index is 1.36. The van der Waals surface area contributed by atoms with E-state index in [1.54, 1.807) is 0 Å². The van der Waals surface area contributed by atoms with Gasteiger partial charge in [0.25, 0.3) is 0 Å². The maximum atomic E-state index is 12.6. The van der Waals surface area contributed by atoms with E-state index in [2.05, 4.69) is 29.5 Å². The largest absolute Gasteiger partial charge is 0.491 e. The van der Waals surface area contributed by atoms with Crippen molar-refractivity contribution in [3.05, 3.63) is 40.9 Å². The first kappa shape index (κ1) is 25.7. The number of carbonyl (C=O) groups excluding carboxylic acids is 1. The number of nitrogens with two attached hydrogens (primary N) is 1. The minimum absolute atomic E-state index is 0.144. The molecule has 10 nitrogen and oxygen atoms in total. The lowest BCUT2D eigenvalue weighted by molar-refractivity contribution is -0.119. The number of imidazole rings is 1. The predicted molar refractivity (Wildman–Crippen MR) is 153 cm³/mol. The van der Waals surface area contributed by atoms with Crippen molar-refractivity contribution >= 4 is 41.8 Å². The molecule has 1 fully saturated rings. The molecule has 39 heavy (non-hydrogen) atoms. The van der Waals surface area contributed by atoms with Crippen LogP contribution in [0.15, 0.2) is 39.5 Å². The van der Waals surface area contributed by atoms with Crippen LogP contribution in [0.3, 0.4) is 0 Å². The minimum atomic E-state index is -1.24. The molecule has 3 N–H and O–H groups in total. The van der Waals surface area contributed by atoms with E-state index in [1.807, 2.05) is 30.3 Å². The third-order valence-corrected chi connectivity index (χ3v) is 9.16. The normalized spacial score (nSPS) is 16.3. The highest BCUT2D eigenvalue weighted by Crippen LogP contribution is 2.39. The number of anilines is 1. The Hall–Kier alpha value is -3.57. The molecule has 0 bridgehead atoms. The first-order valence-electron chi connectivity index (χ1n) is 13.6. The van der Waals surface area contributed by atoms with Gasteiger partial charge in [-0.2, -0.15) is 0 Å². The number of hydrogen-bond acceptors (Lipinski definition) is 7. The van der Waals surface area contributed by atoms with Gasteiger partial charge in [0.1, 0.15) is 29.9 Å². The summed E-state index contributed by atoms with van der Waals surface area (Å²) in [6, 6.07) is 10.2. The quantitative estimate of drug-likeness (QED) is 0.222. The van der Waals surface area contributed by atoms with Gasteiger partial charge in [-0.1, -0.05) is 19.6 Å². The van der Waals surface area contributed by atoms with Gasteiger partial charge in [0.2, 0.25) is 5.91 Å². The lowest BCUT2D eigenvalue weighted by Gasteiger charge is -2.17. The van der Waals surface area contributed by atoms with Crippen molar-refractivity contribution in [1.82, 2.24) is 14.1 Å². The molecule has 1 atom stereocenters. The lowest BCUT2D eigenvalue weighted by Crippen LogP contribution is -2.37. The van der Waals surface area contributed by atoms with E-state index in [-0.39, 0.29) is 18.6 Å². The number of oxazole rings is 1. The van der Waals surface area contributed by atoms with Crippen molar-refractivity contribution in [2.24, 2.45) is 11.7 Å². The summed E-state index contributed by atoms with van der Waals surface area (Å²) in [4.78, 5) is 29.7. The fraction of sp³-hybridized carbons (Fsp3) is 0.464. The zero-order chi connectivity index (χ0) is 27.3. The molecule has 0 saturated heterocycles. The van der Waals surface area contributed by atoms with Crippen molar-refractivity contribution in [2.45, 2.75) is 64.3 Å². The summed E-state index contributed by atoms with van der Waals surface area (Å²) < 4.78 is 21.2. The highest BCUT2D eigenvalue weighted by atomic mass is 28.3. The number of nitrogens with zero attached hydrogens (tertiary/aromatic N) is 3. The Morgan fingerprint density at radius 1 is 1.26 bits per heavy atom. The molecule has 2 aliphatic rings. The maximum Gasteiger partial charge on any atom is 0.421 e. The van der Waals surface area contributed by atoms with Gasteiger partial charge >= 0.3 is 5.76 Å². The van der Waals surface area contributed by atoms with Crippen LogP contribution in [-0.4, -0.2) is 47.4 Å². The highest BCUT2D eigenvalue weighted by Gasteiger charge is 2.35. The molecule has 3 heterocycles. The van der Waals surface area contributed by atoms with Crippen molar-refractivity contribution in [3.63, 3.8) is 0 Å². The second kappa shape index (κ2) is 9.87. The van der Waals surface area contributed by atoms with Gasteiger partial charge in [-0.05, 0) is 55.5 Å². The van der Waals surface area contributed by atoms with Gasteiger partial charge in [0, 0.05) is 38.5 Å². The number of aryl methyl sites for hydroxylation is 1. The molecule has 0 unspecified atom stereocenters. The second-order valence-corrected chi connectivity index (χ2v) is 17.4. The maximum absolute atomic E-state index is 12.6. The standard InChI is InChI=1S/C28H35N5O5Si/c1-39(2,3)12-11-36-16-33-21-13-18(7-8-22(21)38-28(33)35)27-31-20-14-19(30-24(26(29)34)17-5-6-17)15-23-25(20)32(27)9-4-10-37-23/h7-8,13-15,17,24,30H,4-6,9-12,16H2,1-3H3,(H2,29,34)/t24-/m0/s1. The number of primary amides is 1. The van der Waals surface area contributed by atoms with Crippen LogP contribution in [0.2, 0.25) is 25.7 Å². The van der Waals surface area contributed by atoms with Crippen LogP contribution < -0.4 is 21.5 Å². The van der Waals surface area contributed by atoms with E-state index < -0.39 is 19.9 Å². The molecule has 1 amide bonds. The molecule has 1 aliphatic heterocycles. The van der Waals surface area contributed by atoms with Crippen molar-refractivity contribution < 1.29 is 18.7 Å². The van der Waals surface area contributed by atoms with Crippen LogP contribution in [0.5, 0.6) is 5.75 Å². The van der Waals surface area contributed by atoms with Crippen LogP contribution in [0.1, 0.15) is 19.3 Å². The molecule has 1 aliphatic carbocycles. The molecule has 1 saturated carbocycles. The topological polar surface area (TPSA) is 127 Å². The second-order valence-electron chi connectivity index (χ2n) is 11.8. The van der Waals surface area contributed by atoms with Gasteiger partial charge < -0.3 is 29.5 Å². The molecular weight excluding hydrogens is 514 g/mol. The molecule has 2 aromatic carbocycles. The molecule has 0 radical (unpaired) electrons. The van der Waals surface area contributed by atoms with Gasteiger partial charge in [-0.25, -0.2) is 14.3 Å². The Kier molecular flexibility index (Phi) is 6.50. The number of fused-ring (bicyclic) bond motifs is 1. The van der Waals surface area contributed by atoms with Crippen molar-refractivity contribution in [3.8, 4) is 17.1 Å². The van der Waals surface area contributed by atoms with E-state index in [0.717, 1.165) is 65.7 Å². The number of nitrogens with one attached hydrogen (secondary N) is 1. The molecular formula is C28H35N5O5Si. The van der Waals surface area contributed by atoms with E-state index >= 15 is 0 Å². The van der Waals surface area contributed by atoms with Crippen LogP contribution in [0.4, 0.5) is 5.69 Å². The van der Waals surface area contributed by atoms with Gasteiger partial charge in [0.05, 0.1) is 17.6 Å². The summed E-state index contributed by atoms with van der Waals surface area (Å²) >= 11 is 0. The fourth-order valence-electron chi connectivity index (χ4n) is 5.15. The molecule has 2 aromatic heterocycles. The number of aromatic nitrogens is 3.